The zero-order valence-electron chi connectivity index (χ0n) is 17.8. The zero-order valence-corrected chi connectivity index (χ0v) is 18.6. The van der Waals surface area contributed by atoms with Gasteiger partial charge in [-0.25, -0.2) is 18.1 Å². The van der Waals surface area contributed by atoms with Gasteiger partial charge in [-0.15, -0.1) is 0 Å². The van der Waals surface area contributed by atoms with Crippen molar-refractivity contribution < 1.29 is 18.0 Å². The minimum absolute atomic E-state index is 0.161. The first kappa shape index (κ1) is 22.6. The molecule has 1 saturated heterocycles. The van der Waals surface area contributed by atoms with Crippen molar-refractivity contribution in [3.8, 4) is 5.69 Å². The second-order valence-corrected chi connectivity index (χ2v) is 9.58. The van der Waals surface area contributed by atoms with Gasteiger partial charge in [-0.05, 0) is 49.2 Å². The number of carbonyl (C=O) groups excluding carboxylic acids is 2. The van der Waals surface area contributed by atoms with Crippen molar-refractivity contribution in [3.05, 3.63) is 67.3 Å². The summed E-state index contributed by atoms with van der Waals surface area (Å²) in [4.78, 5) is 28.8. The Hall–Kier alpha value is -3.57. The summed E-state index contributed by atoms with van der Waals surface area (Å²) < 4.78 is 28.4. The number of benzene rings is 2. The first-order valence-electron chi connectivity index (χ1n) is 10.5. The van der Waals surface area contributed by atoms with Crippen molar-refractivity contribution in [2.24, 2.45) is 5.92 Å². The summed E-state index contributed by atoms with van der Waals surface area (Å²) in [5, 5.41) is 9.42. The molecule has 1 fully saturated rings. The maximum atomic E-state index is 12.7. The molecule has 0 spiro atoms. The number of sulfonamides is 1. The lowest BCUT2D eigenvalue weighted by Crippen LogP contribution is -2.44. The Morgan fingerprint density at radius 1 is 1.00 bits per heavy atom. The molecular weight excluding hydrogens is 444 g/mol. The van der Waals surface area contributed by atoms with Crippen LogP contribution in [0, 0.1) is 5.92 Å². The third-order valence-electron chi connectivity index (χ3n) is 5.46. The van der Waals surface area contributed by atoms with Crippen molar-refractivity contribution >= 4 is 27.5 Å². The normalized spacial score (nSPS) is 15.2. The average Bonchev–Trinajstić information content (AvgIpc) is 3.39. The van der Waals surface area contributed by atoms with Gasteiger partial charge in [0, 0.05) is 24.7 Å². The molecule has 1 aliphatic heterocycles. The van der Waals surface area contributed by atoms with Crippen LogP contribution in [-0.4, -0.2) is 58.9 Å². The number of rotatable bonds is 7. The molecule has 1 aromatic heterocycles. The van der Waals surface area contributed by atoms with Gasteiger partial charge in [-0.2, -0.15) is 9.40 Å². The van der Waals surface area contributed by atoms with Crippen LogP contribution in [0.15, 0.2) is 72.1 Å². The number of anilines is 1. The molecular formula is C22H24N6O4S. The lowest BCUT2D eigenvalue weighted by atomic mass is 9.97. The molecule has 0 radical (unpaired) electrons. The SMILES string of the molecule is O=C(CNC(=O)C1CCN(S(=O)(=O)c2ccccc2)CC1)Nc1ccc(-n2cncn2)cc1. The van der Waals surface area contributed by atoms with Crippen LogP contribution >= 0.6 is 0 Å². The van der Waals surface area contributed by atoms with Crippen molar-refractivity contribution in [2.45, 2.75) is 17.7 Å². The molecule has 2 N–H and O–H groups in total. The molecule has 3 aromatic rings. The van der Waals surface area contributed by atoms with E-state index in [-0.39, 0.29) is 42.3 Å². The average molecular weight is 469 g/mol. The molecule has 172 valence electrons. The summed E-state index contributed by atoms with van der Waals surface area (Å²) in [5.74, 6) is -0.925. The van der Waals surface area contributed by atoms with Crippen molar-refractivity contribution in [1.82, 2.24) is 24.4 Å². The molecule has 2 amide bonds. The summed E-state index contributed by atoms with van der Waals surface area (Å²) in [6, 6.07) is 15.3. The highest BCUT2D eigenvalue weighted by molar-refractivity contribution is 7.89. The zero-order chi connectivity index (χ0) is 23.3. The fourth-order valence-corrected chi connectivity index (χ4v) is 5.15. The number of amides is 2. The lowest BCUT2D eigenvalue weighted by Gasteiger charge is -2.30. The van der Waals surface area contributed by atoms with Crippen molar-refractivity contribution in [3.63, 3.8) is 0 Å². The number of piperidine rings is 1. The van der Waals surface area contributed by atoms with Gasteiger partial charge in [0.05, 0.1) is 17.1 Å². The van der Waals surface area contributed by atoms with E-state index < -0.39 is 10.0 Å². The molecule has 0 bridgehead atoms. The standard InChI is InChI=1S/C22H24N6O4S/c29-21(26-18-6-8-19(9-7-18)28-16-23-15-25-28)14-24-22(30)17-10-12-27(13-11-17)33(31,32)20-4-2-1-3-5-20/h1-9,15-17H,10-14H2,(H,24,30)(H,26,29). The van der Waals surface area contributed by atoms with Crippen LogP contribution in [0.5, 0.6) is 0 Å². The Bertz CT molecular complexity index is 1190. The summed E-state index contributed by atoms with van der Waals surface area (Å²) >= 11 is 0. The van der Waals surface area contributed by atoms with Gasteiger partial charge in [-0.1, -0.05) is 18.2 Å². The molecule has 0 unspecified atom stereocenters. The molecule has 11 heteroatoms. The van der Waals surface area contributed by atoms with E-state index in [0.717, 1.165) is 5.69 Å². The third kappa shape index (κ3) is 5.44. The van der Waals surface area contributed by atoms with Gasteiger partial charge in [-0.3, -0.25) is 9.59 Å². The minimum atomic E-state index is -3.56. The quantitative estimate of drug-likeness (QED) is 0.540. The number of aromatic nitrogens is 3. The highest BCUT2D eigenvalue weighted by Crippen LogP contribution is 2.23. The van der Waals surface area contributed by atoms with Crippen LogP contribution in [-0.2, 0) is 19.6 Å². The molecule has 0 aliphatic carbocycles. The first-order valence-corrected chi connectivity index (χ1v) is 12.0. The summed E-state index contributed by atoms with van der Waals surface area (Å²) in [6.07, 6.45) is 3.82. The molecule has 4 rings (SSSR count). The molecule has 0 atom stereocenters. The molecule has 10 nitrogen and oxygen atoms in total. The smallest absolute Gasteiger partial charge is 0.243 e. The van der Waals surface area contributed by atoms with Crippen molar-refractivity contribution in [2.75, 3.05) is 25.0 Å². The molecule has 1 aliphatic rings. The summed E-state index contributed by atoms with van der Waals surface area (Å²) in [7, 11) is -3.56. The van der Waals surface area contributed by atoms with Gasteiger partial charge < -0.3 is 10.6 Å². The van der Waals surface area contributed by atoms with Crippen LogP contribution in [0.4, 0.5) is 5.69 Å². The second-order valence-electron chi connectivity index (χ2n) is 7.64. The van der Waals surface area contributed by atoms with E-state index in [0.29, 0.717) is 18.5 Å². The van der Waals surface area contributed by atoms with E-state index in [1.807, 2.05) is 0 Å². The summed E-state index contributed by atoms with van der Waals surface area (Å²) in [6.45, 7) is 0.367. The number of nitrogens with zero attached hydrogens (tertiary/aromatic N) is 4. The second kappa shape index (κ2) is 9.92. The Kier molecular flexibility index (Phi) is 6.80. The predicted octanol–water partition coefficient (Wildman–Crippen LogP) is 1.42. The van der Waals surface area contributed by atoms with Crippen LogP contribution < -0.4 is 10.6 Å². The van der Waals surface area contributed by atoms with Crippen LogP contribution in [0.3, 0.4) is 0 Å². The molecule has 2 aromatic carbocycles. The first-order chi connectivity index (χ1) is 15.9. The van der Waals surface area contributed by atoms with Gasteiger partial charge in [0.1, 0.15) is 12.7 Å². The number of carbonyl (C=O) groups is 2. The van der Waals surface area contributed by atoms with Crippen LogP contribution in [0.1, 0.15) is 12.8 Å². The van der Waals surface area contributed by atoms with E-state index >= 15 is 0 Å². The molecule has 0 saturated carbocycles. The Morgan fingerprint density at radius 3 is 2.33 bits per heavy atom. The van der Waals surface area contributed by atoms with Crippen LogP contribution in [0.25, 0.3) is 5.69 Å². The highest BCUT2D eigenvalue weighted by Gasteiger charge is 2.32. The fraction of sp³-hybridized carbons (Fsp3) is 0.273. The number of nitrogens with one attached hydrogen (secondary N) is 2. The largest absolute Gasteiger partial charge is 0.347 e. The van der Waals surface area contributed by atoms with E-state index in [1.165, 1.54) is 10.6 Å². The van der Waals surface area contributed by atoms with Gasteiger partial charge in [0.25, 0.3) is 0 Å². The maximum Gasteiger partial charge on any atom is 0.243 e. The van der Waals surface area contributed by atoms with E-state index in [1.54, 1.807) is 65.6 Å². The van der Waals surface area contributed by atoms with Crippen LogP contribution in [0.2, 0.25) is 0 Å². The predicted molar refractivity (Wildman–Crippen MR) is 121 cm³/mol. The van der Waals surface area contributed by atoms with Gasteiger partial charge in [0.2, 0.25) is 21.8 Å². The molecule has 33 heavy (non-hydrogen) atoms. The Balaban J connectivity index is 1.23. The lowest BCUT2D eigenvalue weighted by molar-refractivity contribution is -0.128. The maximum absolute atomic E-state index is 12.7. The monoisotopic (exact) mass is 468 g/mol. The number of hydrogen-bond acceptors (Lipinski definition) is 6. The van der Waals surface area contributed by atoms with E-state index in [2.05, 4.69) is 20.7 Å². The topological polar surface area (TPSA) is 126 Å². The van der Waals surface area contributed by atoms with E-state index in [9.17, 15) is 18.0 Å². The van der Waals surface area contributed by atoms with Gasteiger partial charge >= 0.3 is 0 Å². The fourth-order valence-electron chi connectivity index (χ4n) is 3.66. The Morgan fingerprint density at radius 2 is 1.70 bits per heavy atom. The molecule has 2 heterocycles. The summed E-state index contributed by atoms with van der Waals surface area (Å²) in [5.41, 5.74) is 1.40. The highest BCUT2D eigenvalue weighted by atomic mass is 32.2. The third-order valence-corrected chi connectivity index (χ3v) is 7.38. The van der Waals surface area contributed by atoms with E-state index in [4.69, 9.17) is 0 Å². The Labute approximate surface area is 191 Å². The van der Waals surface area contributed by atoms with Gasteiger partial charge in [0.15, 0.2) is 0 Å². The minimum Gasteiger partial charge on any atom is -0.347 e. The number of hydrogen-bond donors (Lipinski definition) is 2. The van der Waals surface area contributed by atoms with Crippen molar-refractivity contribution in [1.29, 1.82) is 0 Å².